The third-order valence-corrected chi connectivity index (χ3v) is 3.47. The zero-order valence-corrected chi connectivity index (χ0v) is 13.2. The van der Waals surface area contributed by atoms with Crippen molar-refractivity contribution in [2.45, 2.75) is 52.1 Å². The molecule has 0 bridgehead atoms. The molecule has 0 aromatic carbocycles. The number of hydrogen-bond acceptors (Lipinski definition) is 3. The van der Waals surface area contributed by atoms with E-state index < -0.39 is 0 Å². The van der Waals surface area contributed by atoms with Crippen LogP contribution in [0.5, 0.6) is 0 Å². The molecular formula is C13H21BrN2O2. The van der Waals surface area contributed by atoms with Crippen molar-refractivity contribution in [1.29, 1.82) is 0 Å². The molecule has 1 rings (SSSR count). The van der Waals surface area contributed by atoms with Crippen molar-refractivity contribution >= 4 is 15.9 Å². The fraction of sp³-hybridized carbons (Fsp3) is 0.692. The van der Waals surface area contributed by atoms with Crippen molar-refractivity contribution in [3.63, 3.8) is 0 Å². The lowest BCUT2D eigenvalue weighted by Gasteiger charge is -2.21. The molecule has 5 heteroatoms. The van der Waals surface area contributed by atoms with Gasteiger partial charge in [-0.25, -0.2) is 4.98 Å². The van der Waals surface area contributed by atoms with Gasteiger partial charge in [-0.2, -0.15) is 0 Å². The molecule has 0 saturated carbocycles. The maximum absolute atomic E-state index is 11.9. The third-order valence-electron chi connectivity index (χ3n) is 2.73. The Bertz CT molecular complexity index is 463. The van der Waals surface area contributed by atoms with Crippen LogP contribution in [0.15, 0.2) is 9.27 Å². The normalized spacial score (nSPS) is 13.7. The van der Waals surface area contributed by atoms with Crippen molar-refractivity contribution in [2.24, 2.45) is 0 Å². The number of methoxy groups -OCH3 is 1. The van der Waals surface area contributed by atoms with Gasteiger partial charge in [0.05, 0.1) is 5.69 Å². The SMILES string of the molecule is CCCC(OC)c1nc(C(C)(C)C)c(Br)c(=O)[nH]1. The maximum atomic E-state index is 11.9. The molecule has 0 saturated heterocycles. The number of aromatic nitrogens is 2. The number of rotatable bonds is 4. The maximum Gasteiger partial charge on any atom is 0.265 e. The van der Waals surface area contributed by atoms with E-state index in [9.17, 15) is 4.79 Å². The molecule has 1 aromatic heterocycles. The summed E-state index contributed by atoms with van der Waals surface area (Å²) in [5, 5.41) is 0. The van der Waals surface area contributed by atoms with Crippen LogP contribution in [0, 0.1) is 0 Å². The van der Waals surface area contributed by atoms with Crippen LogP contribution >= 0.6 is 15.9 Å². The molecule has 0 spiro atoms. The Balaban J connectivity index is 3.32. The highest BCUT2D eigenvalue weighted by atomic mass is 79.9. The minimum Gasteiger partial charge on any atom is -0.374 e. The van der Waals surface area contributed by atoms with Crippen LogP contribution in [-0.4, -0.2) is 17.1 Å². The smallest absolute Gasteiger partial charge is 0.265 e. The second-order valence-electron chi connectivity index (χ2n) is 5.38. The summed E-state index contributed by atoms with van der Waals surface area (Å²) < 4.78 is 5.90. The van der Waals surface area contributed by atoms with E-state index in [1.54, 1.807) is 7.11 Å². The predicted molar refractivity (Wildman–Crippen MR) is 75.9 cm³/mol. The lowest BCUT2D eigenvalue weighted by molar-refractivity contribution is 0.0869. The Kier molecular flexibility index (Phi) is 5.10. The number of hydrogen-bond donors (Lipinski definition) is 1. The van der Waals surface area contributed by atoms with E-state index in [4.69, 9.17) is 4.74 Å². The second-order valence-corrected chi connectivity index (χ2v) is 6.17. The van der Waals surface area contributed by atoms with Crippen molar-refractivity contribution in [2.75, 3.05) is 7.11 Å². The molecule has 1 N–H and O–H groups in total. The molecule has 0 amide bonds. The molecule has 0 aliphatic carbocycles. The standard InChI is InChI=1S/C13H21BrN2O2/c1-6-7-8(18-5)11-15-10(13(2,3)4)9(14)12(17)16-11/h8H,6-7H2,1-5H3,(H,15,16,17). The van der Waals surface area contributed by atoms with E-state index in [0.717, 1.165) is 18.5 Å². The van der Waals surface area contributed by atoms with Crippen molar-refractivity contribution < 1.29 is 4.74 Å². The van der Waals surface area contributed by atoms with E-state index >= 15 is 0 Å². The molecule has 1 unspecified atom stereocenters. The van der Waals surface area contributed by atoms with E-state index in [2.05, 4.69) is 32.8 Å². The van der Waals surface area contributed by atoms with Crippen LogP contribution in [0.25, 0.3) is 0 Å². The summed E-state index contributed by atoms with van der Waals surface area (Å²) in [6, 6.07) is 0. The predicted octanol–water partition coefficient (Wildman–Crippen LogP) is 3.32. The highest BCUT2D eigenvalue weighted by Gasteiger charge is 2.24. The Morgan fingerprint density at radius 1 is 1.44 bits per heavy atom. The average molecular weight is 317 g/mol. The summed E-state index contributed by atoms with van der Waals surface area (Å²) in [7, 11) is 1.64. The van der Waals surface area contributed by atoms with E-state index in [-0.39, 0.29) is 17.1 Å². The van der Waals surface area contributed by atoms with Crippen molar-refractivity contribution in [3.05, 3.63) is 26.3 Å². The molecule has 18 heavy (non-hydrogen) atoms. The molecular weight excluding hydrogens is 296 g/mol. The van der Waals surface area contributed by atoms with Crippen LogP contribution in [0.4, 0.5) is 0 Å². The first-order valence-corrected chi connectivity index (χ1v) is 6.93. The van der Waals surface area contributed by atoms with Crippen molar-refractivity contribution in [1.82, 2.24) is 9.97 Å². The highest BCUT2D eigenvalue weighted by Crippen LogP contribution is 2.27. The minimum absolute atomic E-state index is 0.150. The number of H-pyrrole nitrogens is 1. The molecule has 1 heterocycles. The van der Waals surface area contributed by atoms with E-state index in [1.165, 1.54) is 0 Å². The van der Waals surface area contributed by atoms with Gasteiger partial charge in [0.2, 0.25) is 0 Å². The molecule has 1 atom stereocenters. The third kappa shape index (κ3) is 3.42. The van der Waals surface area contributed by atoms with Crippen LogP contribution in [0.2, 0.25) is 0 Å². The summed E-state index contributed by atoms with van der Waals surface area (Å²) in [4.78, 5) is 19.3. The largest absolute Gasteiger partial charge is 0.374 e. The van der Waals surface area contributed by atoms with E-state index in [0.29, 0.717) is 10.3 Å². The second kappa shape index (κ2) is 5.97. The fourth-order valence-corrected chi connectivity index (χ4v) is 2.54. The fourth-order valence-electron chi connectivity index (χ4n) is 1.75. The molecule has 1 aromatic rings. The van der Waals surface area contributed by atoms with Crippen LogP contribution in [0.3, 0.4) is 0 Å². The molecule has 0 aliphatic heterocycles. The van der Waals surface area contributed by atoms with Gasteiger partial charge in [0, 0.05) is 12.5 Å². The Morgan fingerprint density at radius 2 is 2.06 bits per heavy atom. The number of nitrogens with one attached hydrogen (secondary N) is 1. The van der Waals surface area contributed by atoms with Gasteiger partial charge in [0.15, 0.2) is 0 Å². The number of nitrogens with zero attached hydrogens (tertiary/aromatic N) is 1. The Hall–Kier alpha value is -0.680. The quantitative estimate of drug-likeness (QED) is 0.927. The summed E-state index contributed by atoms with van der Waals surface area (Å²) in [5.74, 6) is 0.609. The lowest BCUT2D eigenvalue weighted by Crippen LogP contribution is -2.25. The number of halogens is 1. The zero-order valence-electron chi connectivity index (χ0n) is 11.6. The Morgan fingerprint density at radius 3 is 2.50 bits per heavy atom. The van der Waals surface area contributed by atoms with Gasteiger partial charge in [-0.3, -0.25) is 4.79 Å². The molecule has 102 valence electrons. The van der Waals surface area contributed by atoms with Gasteiger partial charge in [-0.05, 0) is 22.4 Å². The summed E-state index contributed by atoms with van der Waals surface area (Å²) in [6.45, 7) is 8.18. The Labute approximate surface area is 116 Å². The first-order chi connectivity index (χ1) is 8.31. The van der Waals surface area contributed by atoms with Gasteiger partial charge < -0.3 is 9.72 Å². The van der Waals surface area contributed by atoms with Crippen LogP contribution in [0.1, 0.15) is 58.2 Å². The summed E-state index contributed by atoms with van der Waals surface area (Å²) in [6.07, 6.45) is 1.66. The molecule has 0 aliphatic rings. The first kappa shape index (κ1) is 15.4. The minimum atomic E-state index is -0.188. The topological polar surface area (TPSA) is 55.0 Å². The monoisotopic (exact) mass is 316 g/mol. The lowest BCUT2D eigenvalue weighted by atomic mass is 9.92. The molecule has 4 nitrogen and oxygen atoms in total. The van der Waals surface area contributed by atoms with Crippen molar-refractivity contribution in [3.8, 4) is 0 Å². The van der Waals surface area contributed by atoms with Gasteiger partial charge >= 0.3 is 0 Å². The summed E-state index contributed by atoms with van der Waals surface area (Å²) in [5.41, 5.74) is 0.425. The summed E-state index contributed by atoms with van der Waals surface area (Å²) >= 11 is 3.31. The van der Waals surface area contributed by atoms with E-state index in [1.807, 2.05) is 20.8 Å². The van der Waals surface area contributed by atoms with Crippen LogP contribution in [-0.2, 0) is 10.2 Å². The molecule has 0 radical (unpaired) electrons. The highest BCUT2D eigenvalue weighted by molar-refractivity contribution is 9.10. The first-order valence-electron chi connectivity index (χ1n) is 6.14. The molecule has 0 fully saturated rings. The van der Waals surface area contributed by atoms with Gasteiger partial charge in [-0.1, -0.05) is 34.1 Å². The van der Waals surface area contributed by atoms with Gasteiger partial charge in [-0.15, -0.1) is 0 Å². The average Bonchev–Trinajstić information content (AvgIpc) is 2.28. The number of aromatic amines is 1. The van der Waals surface area contributed by atoms with Gasteiger partial charge in [0.1, 0.15) is 16.4 Å². The van der Waals surface area contributed by atoms with Gasteiger partial charge in [0.25, 0.3) is 5.56 Å². The number of ether oxygens (including phenoxy) is 1. The zero-order chi connectivity index (χ0) is 13.9. The van der Waals surface area contributed by atoms with Crippen LogP contribution < -0.4 is 5.56 Å².